The zero-order valence-electron chi connectivity index (χ0n) is 10.1. The van der Waals surface area contributed by atoms with E-state index in [9.17, 15) is 14.4 Å². The number of carboxylic acids is 1. The largest absolute Gasteiger partial charge is 0.478 e. The second-order valence-electron chi connectivity index (χ2n) is 3.59. The van der Waals surface area contributed by atoms with Crippen LogP contribution < -0.4 is 9.47 Å². The third-order valence-electron chi connectivity index (χ3n) is 2.07. The van der Waals surface area contributed by atoms with Crippen molar-refractivity contribution in [2.24, 2.45) is 0 Å². The van der Waals surface area contributed by atoms with Crippen LogP contribution in [-0.2, 0) is 9.59 Å². The highest BCUT2D eigenvalue weighted by molar-refractivity contribution is 5.89. The highest BCUT2D eigenvalue weighted by Crippen LogP contribution is 2.30. The lowest BCUT2D eigenvalue weighted by Crippen LogP contribution is -2.09. The van der Waals surface area contributed by atoms with Crippen LogP contribution in [0.2, 0.25) is 0 Å². The lowest BCUT2D eigenvalue weighted by atomic mass is 10.1. The van der Waals surface area contributed by atoms with E-state index in [1.807, 2.05) is 0 Å². The molecule has 0 fully saturated rings. The number of esters is 2. The van der Waals surface area contributed by atoms with E-state index >= 15 is 0 Å². The Hall–Kier alpha value is -2.37. The summed E-state index contributed by atoms with van der Waals surface area (Å²) in [6.07, 6.45) is 0. The summed E-state index contributed by atoms with van der Waals surface area (Å²) in [4.78, 5) is 32.7. The van der Waals surface area contributed by atoms with Gasteiger partial charge in [-0.1, -0.05) is 0 Å². The SMILES string of the molecule is CC(=O)Oc1cc(C(=O)O)cc(OC(C)=O)c1C. The third-order valence-corrected chi connectivity index (χ3v) is 2.07. The molecule has 0 atom stereocenters. The molecule has 0 aliphatic heterocycles. The molecule has 0 aliphatic rings. The first-order valence-electron chi connectivity index (χ1n) is 5.06. The molecule has 0 saturated heterocycles. The van der Waals surface area contributed by atoms with Gasteiger partial charge in [0, 0.05) is 19.4 Å². The molecular weight excluding hydrogens is 240 g/mol. The van der Waals surface area contributed by atoms with Crippen molar-refractivity contribution < 1.29 is 29.0 Å². The number of hydrogen-bond donors (Lipinski definition) is 1. The highest BCUT2D eigenvalue weighted by atomic mass is 16.5. The van der Waals surface area contributed by atoms with Crippen LogP contribution >= 0.6 is 0 Å². The van der Waals surface area contributed by atoms with Crippen molar-refractivity contribution in [1.82, 2.24) is 0 Å². The molecule has 1 rings (SSSR count). The van der Waals surface area contributed by atoms with Gasteiger partial charge in [-0.2, -0.15) is 0 Å². The summed E-state index contributed by atoms with van der Waals surface area (Å²) >= 11 is 0. The van der Waals surface area contributed by atoms with E-state index in [2.05, 4.69) is 0 Å². The Morgan fingerprint density at radius 3 is 1.67 bits per heavy atom. The molecule has 6 nitrogen and oxygen atoms in total. The first-order chi connectivity index (χ1) is 8.31. The molecule has 18 heavy (non-hydrogen) atoms. The van der Waals surface area contributed by atoms with Gasteiger partial charge in [0.15, 0.2) is 0 Å². The predicted molar refractivity (Wildman–Crippen MR) is 60.8 cm³/mol. The summed E-state index contributed by atoms with van der Waals surface area (Å²) in [5.41, 5.74) is 0.249. The van der Waals surface area contributed by atoms with Gasteiger partial charge in [-0.3, -0.25) is 9.59 Å². The van der Waals surface area contributed by atoms with Gasteiger partial charge >= 0.3 is 17.9 Å². The fraction of sp³-hybridized carbons (Fsp3) is 0.250. The van der Waals surface area contributed by atoms with E-state index in [1.165, 1.54) is 26.0 Å². The second-order valence-corrected chi connectivity index (χ2v) is 3.59. The van der Waals surface area contributed by atoms with Gasteiger partial charge in [-0.15, -0.1) is 0 Å². The minimum atomic E-state index is -1.21. The van der Waals surface area contributed by atoms with Crippen LogP contribution in [0.5, 0.6) is 11.5 Å². The van der Waals surface area contributed by atoms with Crippen molar-refractivity contribution in [1.29, 1.82) is 0 Å². The maximum atomic E-state index is 10.9. The summed E-state index contributed by atoms with van der Waals surface area (Å²) in [7, 11) is 0. The van der Waals surface area contributed by atoms with E-state index in [0.29, 0.717) is 5.56 Å². The van der Waals surface area contributed by atoms with E-state index in [1.54, 1.807) is 6.92 Å². The molecule has 1 N–H and O–H groups in total. The molecule has 0 amide bonds. The fourth-order valence-electron chi connectivity index (χ4n) is 1.31. The number of carbonyl (C=O) groups is 3. The lowest BCUT2D eigenvalue weighted by Gasteiger charge is -2.11. The van der Waals surface area contributed by atoms with Crippen LogP contribution in [0.15, 0.2) is 12.1 Å². The fourth-order valence-corrected chi connectivity index (χ4v) is 1.31. The molecule has 0 aliphatic carbocycles. The Labute approximate surface area is 103 Å². The van der Waals surface area contributed by atoms with Crippen molar-refractivity contribution >= 4 is 17.9 Å². The number of carbonyl (C=O) groups excluding carboxylic acids is 2. The van der Waals surface area contributed by atoms with E-state index in [4.69, 9.17) is 14.6 Å². The first-order valence-corrected chi connectivity index (χ1v) is 5.06. The molecule has 0 unspecified atom stereocenters. The summed E-state index contributed by atoms with van der Waals surface area (Å²) in [6.45, 7) is 3.94. The number of ether oxygens (including phenoxy) is 2. The van der Waals surface area contributed by atoms with Gasteiger partial charge in [0.1, 0.15) is 11.5 Å². The predicted octanol–water partition coefficient (Wildman–Crippen LogP) is 1.54. The van der Waals surface area contributed by atoms with Crippen molar-refractivity contribution in [2.45, 2.75) is 20.8 Å². The molecule has 0 bridgehead atoms. The average molecular weight is 252 g/mol. The molecule has 6 heteroatoms. The minimum Gasteiger partial charge on any atom is -0.478 e. The second kappa shape index (κ2) is 5.31. The van der Waals surface area contributed by atoms with Crippen LogP contribution in [0.25, 0.3) is 0 Å². The summed E-state index contributed by atoms with van der Waals surface area (Å²) in [6, 6.07) is 2.40. The summed E-state index contributed by atoms with van der Waals surface area (Å²) in [5, 5.41) is 8.91. The van der Waals surface area contributed by atoms with Crippen LogP contribution in [0.1, 0.15) is 29.8 Å². The van der Waals surface area contributed by atoms with Gasteiger partial charge in [-0.25, -0.2) is 4.79 Å². The third kappa shape index (κ3) is 3.31. The van der Waals surface area contributed by atoms with Gasteiger partial charge in [0.25, 0.3) is 0 Å². The average Bonchev–Trinajstić information content (AvgIpc) is 2.22. The minimum absolute atomic E-state index is 0.0543. The Balaban J connectivity index is 3.32. The smallest absolute Gasteiger partial charge is 0.335 e. The number of benzene rings is 1. The van der Waals surface area contributed by atoms with E-state index < -0.39 is 17.9 Å². The quantitative estimate of drug-likeness (QED) is 0.648. The van der Waals surface area contributed by atoms with Gasteiger partial charge < -0.3 is 14.6 Å². The highest BCUT2D eigenvalue weighted by Gasteiger charge is 2.16. The zero-order valence-corrected chi connectivity index (χ0v) is 10.1. The topological polar surface area (TPSA) is 89.9 Å². The Kier molecular flexibility index (Phi) is 4.04. The van der Waals surface area contributed by atoms with Crippen molar-refractivity contribution in [3.63, 3.8) is 0 Å². The number of aromatic carboxylic acids is 1. The molecule has 0 aromatic heterocycles. The Bertz CT molecular complexity index is 480. The van der Waals surface area contributed by atoms with Crippen molar-refractivity contribution in [2.75, 3.05) is 0 Å². The lowest BCUT2D eigenvalue weighted by molar-refractivity contribution is -0.132. The number of rotatable bonds is 3. The van der Waals surface area contributed by atoms with E-state index in [0.717, 1.165) is 0 Å². The zero-order chi connectivity index (χ0) is 13.9. The maximum absolute atomic E-state index is 10.9. The molecule has 0 spiro atoms. The molecule has 1 aromatic rings. The monoisotopic (exact) mass is 252 g/mol. The Morgan fingerprint density at radius 1 is 1.00 bits per heavy atom. The molecule has 0 saturated carbocycles. The summed E-state index contributed by atoms with van der Waals surface area (Å²) in [5.74, 6) is -2.28. The molecular formula is C12H12O6. The van der Waals surface area contributed by atoms with Crippen molar-refractivity contribution in [3.05, 3.63) is 23.3 Å². The van der Waals surface area contributed by atoms with Crippen LogP contribution in [-0.4, -0.2) is 23.0 Å². The van der Waals surface area contributed by atoms with Gasteiger partial charge in [0.2, 0.25) is 0 Å². The van der Waals surface area contributed by atoms with Gasteiger partial charge in [-0.05, 0) is 19.1 Å². The van der Waals surface area contributed by atoms with Gasteiger partial charge in [0.05, 0.1) is 5.56 Å². The molecule has 96 valence electrons. The number of hydrogen-bond acceptors (Lipinski definition) is 5. The van der Waals surface area contributed by atoms with Crippen LogP contribution in [0, 0.1) is 6.92 Å². The maximum Gasteiger partial charge on any atom is 0.335 e. The summed E-state index contributed by atoms with van der Waals surface area (Å²) < 4.78 is 9.73. The Morgan fingerprint density at radius 2 is 1.39 bits per heavy atom. The van der Waals surface area contributed by atoms with Crippen LogP contribution in [0.4, 0.5) is 0 Å². The first kappa shape index (κ1) is 13.7. The normalized spacial score (nSPS) is 9.72. The molecule has 0 radical (unpaired) electrons. The number of carboxylic acid groups (broad SMARTS) is 1. The molecule has 0 heterocycles. The van der Waals surface area contributed by atoms with E-state index in [-0.39, 0.29) is 17.1 Å². The molecule has 1 aromatic carbocycles. The van der Waals surface area contributed by atoms with Crippen molar-refractivity contribution in [3.8, 4) is 11.5 Å². The standard InChI is InChI=1S/C12H12O6/c1-6-10(17-7(2)13)4-9(12(15)16)5-11(6)18-8(3)14/h4-5H,1-3H3,(H,15,16). The van der Waals surface area contributed by atoms with Crippen LogP contribution in [0.3, 0.4) is 0 Å².